The van der Waals surface area contributed by atoms with Gasteiger partial charge in [0.1, 0.15) is 5.52 Å². The Bertz CT molecular complexity index is 913. The number of benzene rings is 2. The van der Waals surface area contributed by atoms with Crippen LogP contribution in [0.15, 0.2) is 46.9 Å². The minimum atomic E-state index is 0.102. The van der Waals surface area contributed by atoms with Crippen LogP contribution in [-0.2, 0) is 4.79 Å². The second-order valence-electron chi connectivity index (χ2n) is 6.51. The number of amides is 1. The molecule has 0 radical (unpaired) electrons. The molecule has 0 saturated heterocycles. The van der Waals surface area contributed by atoms with Crippen molar-refractivity contribution in [3.63, 3.8) is 0 Å². The maximum absolute atomic E-state index is 12.4. The molecule has 1 aromatic heterocycles. The van der Waals surface area contributed by atoms with E-state index in [4.69, 9.17) is 16.0 Å². The van der Waals surface area contributed by atoms with Gasteiger partial charge >= 0.3 is 0 Å². The number of rotatable bonds is 3. The Labute approximate surface area is 151 Å². The van der Waals surface area contributed by atoms with Gasteiger partial charge in [0.2, 0.25) is 11.8 Å². The first-order valence-corrected chi connectivity index (χ1v) is 9.05. The molecule has 1 fully saturated rings. The number of hydrogen-bond donors (Lipinski definition) is 1. The summed E-state index contributed by atoms with van der Waals surface area (Å²) in [5, 5.41) is 3.61. The minimum absolute atomic E-state index is 0.102. The second kappa shape index (κ2) is 6.89. The van der Waals surface area contributed by atoms with E-state index >= 15 is 0 Å². The van der Waals surface area contributed by atoms with E-state index < -0.39 is 0 Å². The molecule has 25 heavy (non-hydrogen) atoms. The second-order valence-corrected chi connectivity index (χ2v) is 6.91. The third-order valence-corrected chi connectivity index (χ3v) is 5.07. The van der Waals surface area contributed by atoms with Crippen molar-refractivity contribution in [3.8, 4) is 11.5 Å². The zero-order chi connectivity index (χ0) is 17.2. The molecule has 4 nitrogen and oxygen atoms in total. The Balaban J connectivity index is 1.58. The van der Waals surface area contributed by atoms with E-state index in [2.05, 4.69) is 10.3 Å². The van der Waals surface area contributed by atoms with Crippen LogP contribution in [0.5, 0.6) is 0 Å². The summed E-state index contributed by atoms with van der Waals surface area (Å²) in [7, 11) is 0. The molecule has 1 aliphatic carbocycles. The van der Waals surface area contributed by atoms with Crippen LogP contribution in [0.1, 0.15) is 32.1 Å². The van der Waals surface area contributed by atoms with Crippen molar-refractivity contribution in [1.29, 1.82) is 0 Å². The largest absolute Gasteiger partial charge is 0.436 e. The van der Waals surface area contributed by atoms with Gasteiger partial charge in [-0.1, -0.05) is 43.0 Å². The first kappa shape index (κ1) is 16.2. The maximum Gasteiger partial charge on any atom is 0.228 e. The van der Waals surface area contributed by atoms with E-state index in [9.17, 15) is 4.79 Å². The van der Waals surface area contributed by atoms with Crippen LogP contribution in [0.2, 0.25) is 5.02 Å². The van der Waals surface area contributed by atoms with E-state index in [1.54, 1.807) is 0 Å². The van der Waals surface area contributed by atoms with Crippen molar-refractivity contribution in [2.45, 2.75) is 32.1 Å². The van der Waals surface area contributed by atoms with Gasteiger partial charge in [0.25, 0.3) is 0 Å². The molecule has 0 bridgehead atoms. The Kier molecular flexibility index (Phi) is 4.45. The highest BCUT2D eigenvalue weighted by Gasteiger charge is 2.21. The molecule has 5 heteroatoms. The first-order valence-electron chi connectivity index (χ1n) is 8.67. The quantitative estimate of drug-likeness (QED) is 0.659. The standard InChI is InChI=1S/C20H19ClN2O2/c21-16-9-5-4-8-15(16)20-23-17-11-10-14(12-18(17)25-20)22-19(24)13-6-2-1-3-7-13/h4-5,8-13H,1-3,6-7H2,(H,22,24). The molecule has 2 aromatic carbocycles. The number of oxazole rings is 1. The van der Waals surface area contributed by atoms with E-state index in [-0.39, 0.29) is 11.8 Å². The molecule has 4 rings (SSSR count). The van der Waals surface area contributed by atoms with Gasteiger partial charge in [-0.15, -0.1) is 0 Å². The molecule has 0 atom stereocenters. The van der Waals surface area contributed by atoms with Crippen LogP contribution in [0.3, 0.4) is 0 Å². The average Bonchev–Trinajstić information content (AvgIpc) is 3.06. The number of carbonyl (C=O) groups excluding carboxylic acids is 1. The zero-order valence-corrected chi connectivity index (χ0v) is 14.6. The summed E-state index contributed by atoms with van der Waals surface area (Å²) in [6, 6.07) is 13.0. The SMILES string of the molecule is O=C(Nc1ccc2nc(-c3ccccc3Cl)oc2c1)C1CCCCC1. The van der Waals surface area contributed by atoms with Gasteiger partial charge in [0, 0.05) is 17.7 Å². The van der Waals surface area contributed by atoms with E-state index in [1.807, 2.05) is 42.5 Å². The highest BCUT2D eigenvalue weighted by atomic mass is 35.5. The summed E-state index contributed by atoms with van der Waals surface area (Å²) >= 11 is 6.22. The summed E-state index contributed by atoms with van der Waals surface area (Å²) in [6.07, 6.45) is 5.47. The van der Waals surface area contributed by atoms with Crippen molar-refractivity contribution in [3.05, 3.63) is 47.5 Å². The molecule has 1 amide bonds. The highest BCUT2D eigenvalue weighted by molar-refractivity contribution is 6.33. The zero-order valence-electron chi connectivity index (χ0n) is 13.8. The fourth-order valence-corrected chi connectivity index (χ4v) is 3.58. The van der Waals surface area contributed by atoms with Gasteiger partial charge in [0.05, 0.1) is 10.6 Å². The van der Waals surface area contributed by atoms with Gasteiger partial charge in [-0.25, -0.2) is 4.98 Å². The average molecular weight is 355 g/mol. The number of anilines is 1. The Morgan fingerprint density at radius 1 is 1.12 bits per heavy atom. The Hall–Kier alpha value is -2.33. The van der Waals surface area contributed by atoms with Gasteiger partial charge in [-0.05, 0) is 37.1 Å². The molecule has 0 unspecified atom stereocenters. The van der Waals surface area contributed by atoms with E-state index in [1.165, 1.54) is 6.42 Å². The molecule has 0 aliphatic heterocycles. The summed E-state index contributed by atoms with van der Waals surface area (Å²) in [4.78, 5) is 16.9. The number of halogens is 1. The van der Waals surface area contributed by atoms with Crippen molar-refractivity contribution in [2.75, 3.05) is 5.32 Å². The van der Waals surface area contributed by atoms with Gasteiger partial charge in [0.15, 0.2) is 5.58 Å². The lowest BCUT2D eigenvalue weighted by Crippen LogP contribution is -2.24. The number of aromatic nitrogens is 1. The van der Waals surface area contributed by atoms with Crippen molar-refractivity contribution >= 4 is 34.3 Å². The Morgan fingerprint density at radius 3 is 2.72 bits per heavy atom. The molecule has 0 spiro atoms. The molecule has 3 aromatic rings. The van der Waals surface area contributed by atoms with Gasteiger partial charge in [-0.2, -0.15) is 0 Å². The third kappa shape index (κ3) is 3.40. The monoisotopic (exact) mass is 354 g/mol. The number of hydrogen-bond acceptors (Lipinski definition) is 3. The van der Waals surface area contributed by atoms with Crippen molar-refractivity contribution < 1.29 is 9.21 Å². The summed E-state index contributed by atoms with van der Waals surface area (Å²) in [5.74, 6) is 0.708. The number of carbonyl (C=O) groups is 1. The lowest BCUT2D eigenvalue weighted by Gasteiger charge is -2.20. The fraction of sp³-hybridized carbons (Fsp3) is 0.300. The predicted molar refractivity (Wildman–Crippen MR) is 99.7 cm³/mol. The van der Waals surface area contributed by atoms with Crippen LogP contribution in [0.4, 0.5) is 5.69 Å². The lowest BCUT2D eigenvalue weighted by atomic mass is 9.88. The minimum Gasteiger partial charge on any atom is -0.436 e. The summed E-state index contributed by atoms with van der Waals surface area (Å²) in [5.41, 5.74) is 2.88. The molecule has 128 valence electrons. The maximum atomic E-state index is 12.4. The summed E-state index contributed by atoms with van der Waals surface area (Å²) in [6.45, 7) is 0. The third-order valence-electron chi connectivity index (χ3n) is 4.74. The van der Waals surface area contributed by atoms with Crippen LogP contribution >= 0.6 is 11.6 Å². The molecular weight excluding hydrogens is 336 g/mol. The Morgan fingerprint density at radius 2 is 1.92 bits per heavy atom. The van der Waals surface area contributed by atoms with E-state index in [0.717, 1.165) is 42.5 Å². The van der Waals surface area contributed by atoms with Crippen LogP contribution in [-0.4, -0.2) is 10.9 Å². The summed E-state index contributed by atoms with van der Waals surface area (Å²) < 4.78 is 5.86. The van der Waals surface area contributed by atoms with Crippen LogP contribution in [0.25, 0.3) is 22.6 Å². The van der Waals surface area contributed by atoms with Gasteiger partial charge < -0.3 is 9.73 Å². The molecule has 1 saturated carbocycles. The first-order chi connectivity index (χ1) is 12.2. The smallest absolute Gasteiger partial charge is 0.228 e. The molecule has 1 heterocycles. The lowest BCUT2D eigenvalue weighted by molar-refractivity contribution is -0.120. The number of nitrogens with one attached hydrogen (secondary N) is 1. The molecular formula is C20H19ClN2O2. The van der Waals surface area contributed by atoms with Gasteiger partial charge in [-0.3, -0.25) is 4.79 Å². The van der Waals surface area contributed by atoms with Crippen LogP contribution in [0, 0.1) is 5.92 Å². The normalized spacial score (nSPS) is 15.4. The van der Waals surface area contributed by atoms with E-state index in [0.29, 0.717) is 16.5 Å². The predicted octanol–water partition coefficient (Wildman–Crippen LogP) is 5.67. The van der Waals surface area contributed by atoms with Crippen molar-refractivity contribution in [1.82, 2.24) is 4.98 Å². The highest BCUT2D eigenvalue weighted by Crippen LogP contribution is 2.31. The topological polar surface area (TPSA) is 55.1 Å². The fourth-order valence-electron chi connectivity index (χ4n) is 3.36. The number of nitrogens with zero attached hydrogens (tertiary/aromatic N) is 1. The van der Waals surface area contributed by atoms with Crippen LogP contribution < -0.4 is 5.32 Å². The number of fused-ring (bicyclic) bond motifs is 1. The molecule has 1 aliphatic rings. The molecule has 1 N–H and O–H groups in total. The van der Waals surface area contributed by atoms with Crippen molar-refractivity contribution in [2.24, 2.45) is 5.92 Å².